The minimum absolute atomic E-state index is 0.0873. The first kappa shape index (κ1) is 65.8. The second-order valence-electron chi connectivity index (χ2n) is 22.5. The molecule has 0 radical (unpaired) electrons. The summed E-state index contributed by atoms with van der Waals surface area (Å²) in [5.41, 5.74) is 8.81. The summed E-state index contributed by atoms with van der Waals surface area (Å²) in [5, 5.41) is 0. The Morgan fingerprint density at radius 3 is 0.700 bits per heavy atom. The fourth-order valence-electron chi connectivity index (χ4n) is 11.5. The largest absolute Gasteiger partial charge is 0.490 e. The molecule has 100 heavy (non-hydrogen) atoms. The van der Waals surface area contributed by atoms with E-state index in [-0.39, 0.29) is 94.7 Å². The van der Waals surface area contributed by atoms with E-state index in [1.807, 2.05) is 48.6 Å². The molecule has 11 aromatic rings. The quantitative estimate of drug-likeness (QED) is 0.0415. The summed E-state index contributed by atoms with van der Waals surface area (Å²) < 4.78 is 104. The fourth-order valence-corrected chi connectivity index (χ4v) is 11.5. The number of nitrogens with one attached hydrogen (secondary N) is 2. The van der Waals surface area contributed by atoms with Gasteiger partial charge in [0.1, 0.15) is 23.3 Å². The Morgan fingerprint density at radius 1 is 0.290 bits per heavy atom. The summed E-state index contributed by atoms with van der Waals surface area (Å²) in [6.45, 7) is 7.82. The lowest BCUT2D eigenvalue weighted by Crippen LogP contribution is -2.09. The van der Waals surface area contributed by atoms with Crippen molar-refractivity contribution < 1.29 is 74.6 Å². The summed E-state index contributed by atoms with van der Waals surface area (Å²) >= 11 is 0. The molecule has 2 N–H and O–H groups in total. The molecule has 0 aliphatic carbocycles. The smallest absolute Gasteiger partial charge is 0.343 e. The first-order valence-electron chi connectivity index (χ1n) is 31.8. The monoisotopic (exact) mass is 1340 g/mol. The topological polar surface area (TPSA) is 199 Å². The van der Waals surface area contributed by atoms with E-state index < -0.39 is 47.1 Å². The Kier molecular flexibility index (Phi) is 19.0. The van der Waals surface area contributed by atoms with Crippen molar-refractivity contribution >= 4 is 70.2 Å². The van der Waals surface area contributed by atoms with E-state index in [0.717, 1.165) is 48.5 Å². The van der Waals surface area contributed by atoms with Crippen LogP contribution in [-0.4, -0.2) is 70.2 Å². The van der Waals surface area contributed by atoms with E-state index in [2.05, 4.69) is 9.97 Å². The fraction of sp³-hybridized carbons (Fsp3) is 0.100. The molecule has 20 heteroatoms. The minimum atomic E-state index is -0.747. The molecule has 16 nitrogen and oxygen atoms in total. The zero-order chi connectivity index (χ0) is 69.6. The summed E-state index contributed by atoms with van der Waals surface area (Å²) in [6, 6.07) is 47.8. The number of H-pyrrole nitrogens is 2. The highest BCUT2D eigenvalue weighted by molar-refractivity contribution is 6.02. The van der Waals surface area contributed by atoms with Crippen LogP contribution in [0.4, 0.5) is 17.6 Å². The Balaban J connectivity index is 1.07. The third kappa shape index (κ3) is 14.1. The normalized spacial score (nSPS) is 11.4. The lowest BCUT2D eigenvalue weighted by Gasteiger charge is -2.14. The van der Waals surface area contributed by atoms with Crippen LogP contribution in [0.25, 0.3) is 90.9 Å². The molecule has 8 bridgehead atoms. The van der Waals surface area contributed by atoms with Crippen molar-refractivity contribution in [1.29, 1.82) is 0 Å². The molecule has 8 aromatic carbocycles. The molecule has 498 valence electrons. The number of carbonyl (C=O) groups is 4. The highest BCUT2D eigenvalue weighted by Gasteiger charge is 2.25. The molecule has 2 aliphatic heterocycles. The van der Waals surface area contributed by atoms with Crippen molar-refractivity contribution in [2.45, 2.75) is 27.7 Å². The zero-order valence-corrected chi connectivity index (χ0v) is 53.9. The first-order chi connectivity index (χ1) is 48.6. The second-order valence-corrected chi connectivity index (χ2v) is 22.5. The highest BCUT2D eigenvalue weighted by Crippen LogP contribution is 2.45. The van der Waals surface area contributed by atoms with Gasteiger partial charge >= 0.3 is 23.9 Å². The predicted octanol–water partition coefficient (Wildman–Crippen LogP) is 18.4. The Labute approximate surface area is 569 Å². The van der Waals surface area contributed by atoms with Crippen molar-refractivity contribution in [2.24, 2.45) is 0 Å². The van der Waals surface area contributed by atoms with Gasteiger partial charge in [-0.05, 0) is 244 Å². The molecule has 0 saturated heterocycles. The number of fused-ring (bicyclic) bond motifs is 8. The number of rotatable bonds is 20. The standard InChI is InChI=1S/C80H58F4N4O12/c1-5-93-69-41-49(17-37-65(69)97-77(89)45-9-21-53(81)22-10-45)73-57-29-31-59(85-57)74(50-18-38-66(70(42-50)94-6-2)98-78(90)46-11-23-54(82)24-12-46)61-33-35-63(87-61)76(52-20-40-68(72(44-52)96-8-4)100-80(92)48-15-27-56(84)28-16-48)64-36-34-62(88-64)75(60-32-30-58(73)86-60)51-19-39-67(71(43-51)95-7-3)99-79(91)47-13-25-55(83)26-14-47/h9-44,85,88H,5-8H2,1-4H3. The number of hydrogen-bond acceptors (Lipinski definition) is 14. The van der Waals surface area contributed by atoms with Gasteiger partial charge in [0.05, 0.1) is 71.5 Å². The molecule has 0 spiro atoms. The van der Waals surface area contributed by atoms with Crippen molar-refractivity contribution in [3.8, 4) is 90.5 Å². The summed E-state index contributed by atoms with van der Waals surface area (Å²) in [5.74, 6) is -3.92. The van der Waals surface area contributed by atoms with Gasteiger partial charge in [0.2, 0.25) is 0 Å². The summed E-state index contributed by atoms with van der Waals surface area (Å²) in [4.78, 5) is 72.7. The Hall–Kier alpha value is -12.8. The minimum Gasteiger partial charge on any atom is -0.490 e. The van der Waals surface area contributed by atoms with Crippen molar-refractivity contribution in [3.05, 3.63) is 262 Å². The first-order valence-corrected chi connectivity index (χ1v) is 31.8. The van der Waals surface area contributed by atoms with Gasteiger partial charge in [0.15, 0.2) is 46.0 Å². The molecular formula is C80H58F4N4O12. The van der Waals surface area contributed by atoms with Gasteiger partial charge in [0, 0.05) is 44.3 Å². The van der Waals surface area contributed by atoms with Crippen LogP contribution in [0.15, 0.2) is 194 Å². The van der Waals surface area contributed by atoms with E-state index >= 15 is 0 Å². The van der Waals surface area contributed by atoms with Gasteiger partial charge in [-0.3, -0.25) is 0 Å². The van der Waals surface area contributed by atoms with E-state index in [1.165, 1.54) is 48.5 Å². The van der Waals surface area contributed by atoms with E-state index in [0.29, 0.717) is 89.4 Å². The highest BCUT2D eigenvalue weighted by atomic mass is 19.1. The molecular weight excluding hydrogens is 1280 g/mol. The number of hydrogen-bond donors (Lipinski definition) is 2. The zero-order valence-electron chi connectivity index (χ0n) is 53.9. The molecule has 3 aromatic heterocycles. The van der Waals surface area contributed by atoms with Crippen LogP contribution in [0.3, 0.4) is 0 Å². The number of ether oxygens (including phenoxy) is 8. The van der Waals surface area contributed by atoms with Gasteiger partial charge in [-0.15, -0.1) is 0 Å². The summed E-state index contributed by atoms with van der Waals surface area (Å²) in [6.07, 6.45) is 7.41. The van der Waals surface area contributed by atoms with Gasteiger partial charge in [-0.25, -0.2) is 46.7 Å². The van der Waals surface area contributed by atoms with Crippen LogP contribution in [0, 0.1) is 23.3 Å². The third-order valence-electron chi connectivity index (χ3n) is 16.0. The lowest BCUT2D eigenvalue weighted by molar-refractivity contribution is 0.0719. The van der Waals surface area contributed by atoms with Crippen molar-refractivity contribution in [2.75, 3.05) is 26.4 Å². The van der Waals surface area contributed by atoms with Crippen molar-refractivity contribution in [3.63, 3.8) is 0 Å². The third-order valence-corrected chi connectivity index (χ3v) is 16.0. The van der Waals surface area contributed by atoms with Gasteiger partial charge in [-0.1, -0.05) is 24.3 Å². The SMILES string of the molecule is CCOc1cc(-c2c3nc(c(-c4ccc(OC(=O)c5ccc(F)cc5)c(OCC)c4)c4ccc([nH]4)c(-c4ccc(OC(=O)c5ccc(F)cc5)c(OCC)c4)c4nc(c(-c5ccc(OC(=O)c6ccc(F)cc6)c(OCC)c5)c5ccc2[nH]5)C=C4)C=C3)ccc1OC(=O)c1ccc(F)cc1. The molecule has 0 saturated carbocycles. The molecule has 0 amide bonds. The van der Waals surface area contributed by atoms with E-state index in [4.69, 9.17) is 47.9 Å². The predicted molar refractivity (Wildman–Crippen MR) is 371 cm³/mol. The van der Waals surface area contributed by atoms with Crippen LogP contribution in [0.2, 0.25) is 0 Å². The van der Waals surface area contributed by atoms with Crippen LogP contribution < -0.4 is 37.9 Å². The number of benzene rings is 8. The van der Waals surface area contributed by atoms with Crippen LogP contribution >= 0.6 is 0 Å². The van der Waals surface area contributed by atoms with E-state index in [9.17, 15) is 36.7 Å². The lowest BCUT2D eigenvalue weighted by atomic mass is 10.0. The number of aromatic amines is 2. The van der Waals surface area contributed by atoms with Crippen LogP contribution in [0.5, 0.6) is 46.0 Å². The number of esters is 4. The molecule has 0 atom stereocenters. The Bertz CT molecular complexity index is 4620. The maximum Gasteiger partial charge on any atom is 0.343 e. The maximum absolute atomic E-state index is 14.0. The summed E-state index contributed by atoms with van der Waals surface area (Å²) in [7, 11) is 0. The maximum atomic E-state index is 14.0. The molecule has 0 unspecified atom stereocenters. The molecule has 0 fully saturated rings. The number of carbonyl (C=O) groups excluding carboxylic acids is 4. The number of aromatic nitrogens is 4. The van der Waals surface area contributed by atoms with Gasteiger partial charge in [-0.2, -0.15) is 0 Å². The number of nitrogens with zero attached hydrogens (tertiary/aromatic N) is 2. The Morgan fingerprint density at radius 2 is 0.500 bits per heavy atom. The average molecular weight is 1340 g/mol. The molecule has 5 heterocycles. The van der Waals surface area contributed by atoms with Crippen molar-refractivity contribution in [1.82, 2.24) is 19.9 Å². The van der Waals surface area contributed by atoms with Gasteiger partial charge in [0.25, 0.3) is 0 Å². The van der Waals surface area contributed by atoms with Crippen LogP contribution in [-0.2, 0) is 0 Å². The molecule has 2 aliphatic rings. The van der Waals surface area contributed by atoms with E-state index in [1.54, 1.807) is 100 Å². The van der Waals surface area contributed by atoms with Gasteiger partial charge < -0.3 is 47.9 Å². The average Bonchev–Trinajstić information content (AvgIpc) is 1.59. The molecule has 13 rings (SSSR count). The second kappa shape index (κ2) is 28.9. The van der Waals surface area contributed by atoms with Crippen LogP contribution in [0.1, 0.15) is 91.9 Å². The number of halogens is 4.